The molecule has 0 unspecified atom stereocenters. The second-order valence-electron chi connectivity index (χ2n) is 8.84. The number of hydrogen-bond acceptors (Lipinski definition) is 7. The molecule has 0 aliphatic carbocycles. The molecule has 2 fully saturated rings. The zero-order valence-corrected chi connectivity index (χ0v) is 19.4. The number of aliphatic hydroxyl groups excluding tert-OH is 1. The SMILES string of the molecule is COc1ccc(Cn2c(=O)c3cc(N4CC(O)C4)ccc3n(C3CCOCC3)c2=O)cc1OC. The Bertz CT molecular complexity index is 1320. The first-order chi connectivity index (χ1) is 16.5. The Hall–Kier alpha value is -3.30. The molecule has 9 nitrogen and oxygen atoms in total. The smallest absolute Gasteiger partial charge is 0.332 e. The molecule has 2 aromatic carbocycles. The minimum atomic E-state index is -0.353. The molecule has 34 heavy (non-hydrogen) atoms. The summed E-state index contributed by atoms with van der Waals surface area (Å²) < 4.78 is 19.3. The number of methoxy groups -OCH3 is 2. The molecule has 0 saturated carbocycles. The van der Waals surface area contributed by atoms with Crippen LogP contribution in [0.5, 0.6) is 11.5 Å². The average molecular weight is 468 g/mol. The average Bonchev–Trinajstić information content (AvgIpc) is 2.85. The number of ether oxygens (including phenoxy) is 3. The molecule has 3 aromatic rings. The van der Waals surface area contributed by atoms with Crippen LogP contribution in [0, 0.1) is 0 Å². The number of aliphatic hydroxyl groups is 1. The maximum atomic E-state index is 13.7. The van der Waals surface area contributed by atoms with Gasteiger partial charge < -0.3 is 24.2 Å². The minimum absolute atomic E-state index is 0.0438. The minimum Gasteiger partial charge on any atom is -0.493 e. The third-order valence-electron chi connectivity index (χ3n) is 6.72. The van der Waals surface area contributed by atoms with Crippen molar-refractivity contribution in [2.45, 2.75) is 31.5 Å². The summed E-state index contributed by atoms with van der Waals surface area (Å²) >= 11 is 0. The summed E-state index contributed by atoms with van der Waals surface area (Å²) in [5.74, 6) is 1.12. The fourth-order valence-electron chi connectivity index (χ4n) is 4.83. The van der Waals surface area contributed by atoms with Gasteiger partial charge >= 0.3 is 5.69 Å². The Labute approximate surface area is 196 Å². The molecule has 0 spiro atoms. The Morgan fingerprint density at radius 3 is 2.41 bits per heavy atom. The third kappa shape index (κ3) is 3.95. The van der Waals surface area contributed by atoms with Crippen LogP contribution < -0.4 is 25.6 Å². The largest absolute Gasteiger partial charge is 0.493 e. The summed E-state index contributed by atoms with van der Waals surface area (Å²) in [5.41, 5.74) is 1.60. The van der Waals surface area contributed by atoms with Crippen LogP contribution >= 0.6 is 0 Å². The van der Waals surface area contributed by atoms with Crippen molar-refractivity contribution in [1.82, 2.24) is 9.13 Å². The molecule has 180 valence electrons. The van der Waals surface area contributed by atoms with Crippen LogP contribution in [-0.4, -0.2) is 60.9 Å². The number of fused-ring (bicyclic) bond motifs is 1. The number of nitrogens with zero attached hydrogens (tertiary/aromatic N) is 3. The van der Waals surface area contributed by atoms with Crippen molar-refractivity contribution < 1.29 is 19.3 Å². The van der Waals surface area contributed by atoms with Crippen molar-refractivity contribution in [2.75, 3.05) is 45.4 Å². The first-order valence-electron chi connectivity index (χ1n) is 11.5. The Balaban J connectivity index is 1.65. The lowest BCUT2D eigenvalue weighted by Crippen LogP contribution is -2.51. The van der Waals surface area contributed by atoms with Crippen LogP contribution in [0.2, 0.25) is 0 Å². The Kier molecular flexibility index (Phi) is 6.05. The van der Waals surface area contributed by atoms with Crippen molar-refractivity contribution in [3.8, 4) is 11.5 Å². The highest BCUT2D eigenvalue weighted by atomic mass is 16.5. The molecular formula is C25H29N3O6. The van der Waals surface area contributed by atoms with E-state index in [4.69, 9.17) is 14.2 Å². The molecule has 0 amide bonds. The van der Waals surface area contributed by atoms with Gasteiger partial charge in [0.2, 0.25) is 0 Å². The monoisotopic (exact) mass is 467 g/mol. The van der Waals surface area contributed by atoms with Crippen molar-refractivity contribution in [1.29, 1.82) is 0 Å². The molecule has 0 radical (unpaired) electrons. The van der Waals surface area contributed by atoms with Gasteiger partial charge in [-0.05, 0) is 48.7 Å². The van der Waals surface area contributed by atoms with E-state index in [0.29, 0.717) is 61.5 Å². The van der Waals surface area contributed by atoms with E-state index in [1.807, 2.05) is 29.2 Å². The van der Waals surface area contributed by atoms with Gasteiger partial charge in [-0.2, -0.15) is 0 Å². The molecule has 0 atom stereocenters. The van der Waals surface area contributed by atoms with Gasteiger partial charge in [-0.3, -0.25) is 13.9 Å². The molecule has 1 N–H and O–H groups in total. The van der Waals surface area contributed by atoms with E-state index in [9.17, 15) is 14.7 Å². The number of anilines is 1. The first kappa shape index (κ1) is 22.5. The number of benzene rings is 2. The quantitative estimate of drug-likeness (QED) is 0.590. The van der Waals surface area contributed by atoms with Gasteiger partial charge in [0.25, 0.3) is 5.56 Å². The predicted octanol–water partition coefficient (Wildman–Crippen LogP) is 1.76. The second-order valence-corrected chi connectivity index (χ2v) is 8.84. The van der Waals surface area contributed by atoms with E-state index in [-0.39, 0.29) is 29.9 Å². The highest BCUT2D eigenvalue weighted by molar-refractivity contribution is 5.82. The van der Waals surface area contributed by atoms with E-state index in [0.717, 1.165) is 11.3 Å². The molecule has 5 rings (SSSR count). The zero-order valence-electron chi connectivity index (χ0n) is 19.4. The maximum Gasteiger partial charge on any atom is 0.332 e. The van der Waals surface area contributed by atoms with Gasteiger partial charge in [0.05, 0.1) is 37.8 Å². The van der Waals surface area contributed by atoms with Crippen LogP contribution in [-0.2, 0) is 11.3 Å². The Morgan fingerprint density at radius 2 is 1.74 bits per heavy atom. The van der Waals surface area contributed by atoms with Crippen LogP contribution in [0.15, 0.2) is 46.0 Å². The number of β-amino-alcohol motifs (C(OH)–C–C–N with tert-alkyl or cyclic N) is 1. The number of aromatic nitrogens is 2. The van der Waals surface area contributed by atoms with Crippen molar-refractivity contribution in [3.63, 3.8) is 0 Å². The topological polar surface area (TPSA) is 95.2 Å². The summed E-state index contributed by atoms with van der Waals surface area (Å²) in [5, 5.41) is 10.2. The van der Waals surface area contributed by atoms with Crippen molar-refractivity contribution in [2.24, 2.45) is 0 Å². The first-order valence-corrected chi connectivity index (χ1v) is 11.5. The fraction of sp³-hybridized carbons (Fsp3) is 0.440. The van der Waals surface area contributed by atoms with Gasteiger partial charge in [-0.15, -0.1) is 0 Å². The van der Waals surface area contributed by atoms with Gasteiger partial charge in [-0.1, -0.05) is 6.07 Å². The van der Waals surface area contributed by atoms with E-state index >= 15 is 0 Å². The molecule has 1 aromatic heterocycles. The molecule has 2 aliphatic heterocycles. The van der Waals surface area contributed by atoms with Gasteiger partial charge in [-0.25, -0.2) is 4.79 Å². The summed E-state index contributed by atoms with van der Waals surface area (Å²) in [4.78, 5) is 29.3. The molecule has 2 saturated heterocycles. The van der Waals surface area contributed by atoms with E-state index in [1.54, 1.807) is 30.9 Å². The van der Waals surface area contributed by atoms with Crippen LogP contribution in [0.4, 0.5) is 5.69 Å². The van der Waals surface area contributed by atoms with E-state index in [1.165, 1.54) is 4.57 Å². The molecule has 9 heteroatoms. The molecule has 2 aliphatic rings. The normalized spacial score (nSPS) is 17.1. The van der Waals surface area contributed by atoms with Gasteiger partial charge in [0.15, 0.2) is 11.5 Å². The second kappa shape index (κ2) is 9.15. The van der Waals surface area contributed by atoms with Crippen LogP contribution in [0.1, 0.15) is 24.4 Å². The number of hydrogen-bond donors (Lipinski definition) is 1. The predicted molar refractivity (Wildman–Crippen MR) is 128 cm³/mol. The summed E-state index contributed by atoms with van der Waals surface area (Å²) in [7, 11) is 3.11. The molecular weight excluding hydrogens is 438 g/mol. The van der Waals surface area contributed by atoms with Crippen LogP contribution in [0.3, 0.4) is 0 Å². The zero-order chi connectivity index (χ0) is 23.8. The number of rotatable bonds is 6. The highest BCUT2D eigenvalue weighted by Crippen LogP contribution is 2.29. The van der Waals surface area contributed by atoms with Crippen LogP contribution in [0.25, 0.3) is 10.9 Å². The standard InChI is InChI=1S/C25H29N3O6/c1-32-22-6-3-16(11-23(22)33-2)13-27-24(30)20-12-18(26-14-19(29)15-26)4-5-21(20)28(25(27)31)17-7-9-34-10-8-17/h3-6,11-12,17,19,29H,7-10,13-15H2,1-2H3. The fourth-order valence-corrected chi connectivity index (χ4v) is 4.83. The molecule has 0 bridgehead atoms. The van der Waals surface area contributed by atoms with Crippen molar-refractivity contribution >= 4 is 16.6 Å². The van der Waals surface area contributed by atoms with E-state index in [2.05, 4.69) is 0 Å². The van der Waals surface area contributed by atoms with E-state index < -0.39 is 0 Å². The summed E-state index contributed by atoms with van der Waals surface area (Å²) in [6, 6.07) is 10.9. The summed E-state index contributed by atoms with van der Waals surface area (Å²) in [6.07, 6.45) is 1.07. The maximum absolute atomic E-state index is 13.7. The Morgan fingerprint density at radius 1 is 1.00 bits per heavy atom. The lowest BCUT2D eigenvalue weighted by Gasteiger charge is -2.38. The lowest BCUT2D eigenvalue weighted by molar-refractivity contribution is 0.0691. The highest BCUT2D eigenvalue weighted by Gasteiger charge is 2.27. The van der Waals surface area contributed by atoms with Gasteiger partial charge in [0.1, 0.15) is 0 Å². The summed E-state index contributed by atoms with van der Waals surface area (Å²) in [6.45, 7) is 2.34. The third-order valence-corrected chi connectivity index (χ3v) is 6.72. The lowest BCUT2D eigenvalue weighted by atomic mass is 10.1. The molecule has 3 heterocycles. The van der Waals surface area contributed by atoms with Gasteiger partial charge in [0, 0.05) is 38.0 Å². The van der Waals surface area contributed by atoms with Crippen molar-refractivity contribution in [3.05, 3.63) is 62.8 Å².